The minimum Gasteiger partial charge on any atom is -0.381 e. The number of fused-ring (bicyclic) bond motifs is 5. The first kappa shape index (κ1) is 67.9. The molecule has 1 aliphatic carbocycles. The lowest BCUT2D eigenvalue weighted by atomic mass is 9.82. The van der Waals surface area contributed by atoms with Crippen LogP contribution in [-0.2, 0) is 14.2 Å². The van der Waals surface area contributed by atoms with Gasteiger partial charge in [0.15, 0.2) is 0 Å². The van der Waals surface area contributed by atoms with Gasteiger partial charge in [0.25, 0.3) is 0 Å². The van der Waals surface area contributed by atoms with Crippen LogP contribution in [-0.4, -0.2) is 99.3 Å². The van der Waals surface area contributed by atoms with Crippen LogP contribution in [0.15, 0.2) is 0 Å². The molecule has 58 heavy (non-hydrogen) atoms. The third kappa shape index (κ3) is 46.4. The van der Waals surface area contributed by atoms with Gasteiger partial charge in [-0.25, -0.2) is 0 Å². The van der Waals surface area contributed by atoms with Gasteiger partial charge in [0.05, 0.1) is 13.2 Å². The molecule has 358 valence electrons. The van der Waals surface area contributed by atoms with E-state index < -0.39 is 0 Å². The first-order valence-electron chi connectivity index (χ1n) is 25.9. The second-order valence-electron chi connectivity index (χ2n) is 13.2. The van der Waals surface area contributed by atoms with Crippen molar-refractivity contribution >= 4 is 35.3 Å². The zero-order chi connectivity index (χ0) is 44.6. The smallest absolute Gasteiger partial charge is 0.0591 e. The molecule has 2 bridgehead atoms. The van der Waals surface area contributed by atoms with Gasteiger partial charge < -0.3 is 24.8 Å². The zero-order valence-electron chi connectivity index (χ0n) is 42.4. The van der Waals surface area contributed by atoms with Crippen LogP contribution in [0.4, 0.5) is 0 Å². The first-order valence-corrected chi connectivity index (χ1v) is 29.2. The van der Waals surface area contributed by atoms with Gasteiger partial charge in [-0.3, -0.25) is 0 Å². The fourth-order valence-electron chi connectivity index (χ4n) is 6.97. The van der Waals surface area contributed by atoms with Gasteiger partial charge in [-0.05, 0) is 144 Å². The highest BCUT2D eigenvalue weighted by molar-refractivity contribution is 8.01. The van der Waals surface area contributed by atoms with E-state index >= 15 is 0 Å². The summed E-state index contributed by atoms with van der Waals surface area (Å²) in [5.41, 5.74) is 0. The molecule has 8 saturated heterocycles. The van der Waals surface area contributed by atoms with Crippen LogP contribution in [0.25, 0.3) is 0 Å². The van der Waals surface area contributed by atoms with Gasteiger partial charge in [0.1, 0.15) is 0 Å². The lowest BCUT2D eigenvalue weighted by Crippen LogP contribution is -2.30. The van der Waals surface area contributed by atoms with Gasteiger partial charge in [0, 0.05) is 50.0 Å². The molecule has 9 rings (SSSR count). The van der Waals surface area contributed by atoms with Crippen LogP contribution in [0.1, 0.15) is 213 Å². The van der Waals surface area contributed by atoms with E-state index in [4.69, 9.17) is 14.2 Å². The maximum absolute atomic E-state index is 5.07. The molecule has 9 fully saturated rings. The lowest BCUT2D eigenvalue weighted by molar-refractivity contribution is 0.0968. The fourth-order valence-corrected chi connectivity index (χ4v) is 11.1. The Kier molecular flexibility index (Phi) is 78.4. The van der Waals surface area contributed by atoms with Crippen LogP contribution in [0.5, 0.6) is 0 Å². The van der Waals surface area contributed by atoms with Crippen molar-refractivity contribution in [2.75, 3.05) is 88.8 Å². The summed E-state index contributed by atoms with van der Waals surface area (Å²) in [5, 5.41) is 8.66. The van der Waals surface area contributed by atoms with Crippen molar-refractivity contribution in [1.29, 1.82) is 0 Å². The summed E-state index contributed by atoms with van der Waals surface area (Å²) in [5.74, 6) is 8.01. The minimum atomic E-state index is 0.889. The second kappa shape index (κ2) is 66.9. The Labute approximate surface area is 381 Å². The van der Waals surface area contributed by atoms with E-state index in [1.807, 2.05) is 96.9 Å². The van der Waals surface area contributed by atoms with Crippen molar-refractivity contribution in [1.82, 2.24) is 10.6 Å². The monoisotopic (exact) mass is 885 g/mol. The summed E-state index contributed by atoms with van der Waals surface area (Å²) >= 11 is 6.49. The highest BCUT2D eigenvalue weighted by atomic mass is 32.2. The maximum atomic E-state index is 5.07. The first-order chi connectivity index (χ1) is 28.9. The Bertz CT molecular complexity index is 480. The van der Waals surface area contributed by atoms with E-state index in [-0.39, 0.29) is 0 Å². The SMILES string of the molecule is C1CC2C3CCC(S3)C2C1.C1CCNCC1.C1CCOC1.C1CCOCC1.C1CCSC1.C1CCSCC1.C1COCCN1.CC.CC.CC.CC.CC.CC.CC. The Morgan fingerprint density at radius 1 is 0.310 bits per heavy atom. The normalized spacial score (nSPS) is 24.7. The van der Waals surface area contributed by atoms with Gasteiger partial charge in [-0.2, -0.15) is 35.3 Å². The van der Waals surface area contributed by atoms with E-state index in [0.717, 1.165) is 63.2 Å². The van der Waals surface area contributed by atoms with E-state index in [0.29, 0.717) is 0 Å². The number of rotatable bonds is 0. The largest absolute Gasteiger partial charge is 0.381 e. The van der Waals surface area contributed by atoms with Crippen LogP contribution in [0, 0.1) is 11.8 Å². The molecule has 0 aromatic carbocycles. The summed E-state index contributed by atoms with van der Waals surface area (Å²) < 4.78 is 15.0. The predicted octanol–water partition coefficient (Wildman–Crippen LogP) is 15.6. The summed E-state index contributed by atoms with van der Waals surface area (Å²) in [4.78, 5) is 0. The molecule has 1 saturated carbocycles. The predicted molar refractivity (Wildman–Crippen MR) is 278 cm³/mol. The molecule has 9 aliphatic rings. The van der Waals surface area contributed by atoms with Gasteiger partial charge in [0.2, 0.25) is 0 Å². The third-order valence-corrected chi connectivity index (χ3v) is 13.7. The lowest BCUT2D eigenvalue weighted by Gasteiger charge is -2.21. The van der Waals surface area contributed by atoms with E-state index in [2.05, 4.69) is 45.9 Å². The maximum Gasteiger partial charge on any atom is 0.0591 e. The molecule has 0 aromatic rings. The van der Waals surface area contributed by atoms with E-state index in [9.17, 15) is 0 Å². The molecule has 0 amide bonds. The Morgan fingerprint density at radius 3 is 0.828 bits per heavy atom. The highest BCUT2D eigenvalue weighted by Gasteiger charge is 2.49. The molecule has 4 atom stereocenters. The Morgan fingerprint density at radius 2 is 0.621 bits per heavy atom. The van der Waals surface area contributed by atoms with E-state index in [1.165, 1.54) is 131 Å². The average Bonchev–Trinajstić information content (AvgIpc) is 4.24. The van der Waals surface area contributed by atoms with Crippen LogP contribution in [0.2, 0.25) is 0 Å². The van der Waals surface area contributed by atoms with E-state index in [1.54, 1.807) is 32.1 Å². The third-order valence-electron chi connectivity index (χ3n) is 9.53. The Balaban J connectivity index is -0.000000181. The summed E-state index contributed by atoms with van der Waals surface area (Å²) in [6.45, 7) is 38.3. The minimum absolute atomic E-state index is 0.889. The molecule has 0 aromatic heterocycles. The van der Waals surface area contributed by atoms with Crippen LogP contribution >= 0.6 is 35.3 Å². The highest BCUT2D eigenvalue weighted by Crippen LogP contribution is 2.58. The van der Waals surface area contributed by atoms with Crippen LogP contribution < -0.4 is 10.6 Å². The van der Waals surface area contributed by atoms with Gasteiger partial charge >= 0.3 is 0 Å². The van der Waals surface area contributed by atoms with Crippen LogP contribution in [0.3, 0.4) is 0 Å². The van der Waals surface area contributed by atoms with Crippen molar-refractivity contribution in [3.8, 4) is 0 Å². The average molecular weight is 886 g/mol. The molecule has 8 aliphatic heterocycles. The second-order valence-corrected chi connectivity index (χ2v) is 17.1. The molecule has 0 spiro atoms. The summed E-state index contributed by atoms with van der Waals surface area (Å²) in [6, 6.07) is 0. The van der Waals surface area contributed by atoms with Gasteiger partial charge in [-0.15, -0.1) is 0 Å². The molecule has 2 N–H and O–H groups in total. The zero-order valence-corrected chi connectivity index (χ0v) is 44.8. The molecular weight excluding hydrogens is 773 g/mol. The number of morpholine rings is 1. The summed E-state index contributed by atoms with van der Waals surface area (Å²) in [6.07, 6.45) is 25.8. The number of hydrogen-bond donors (Lipinski definition) is 2. The molecular formula is C50H112N2O3S3. The number of ether oxygens (including phenoxy) is 3. The standard InChI is InChI=1S/C9H14S.C5H11N.C5H10O.C5H10S.C4H9NO.C4H8O.C4H8S.7C2H6/c1-2-6-7(3-1)9-5-4-8(6)10-9;3*1-2-4-6-5-3-1;1-3-6-4-2-5-1;2*1-2-4-5-3-1;7*1-2/h6-9H,1-5H2;6H,1-5H2;2*1-5H2;5H,1-4H2;2*1-4H2;7*1-2H3. The van der Waals surface area contributed by atoms with Crippen molar-refractivity contribution < 1.29 is 14.2 Å². The number of nitrogens with one attached hydrogen (secondary N) is 2. The van der Waals surface area contributed by atoms with Gasteiger partial charge in [-0.1, -0.05) is 116 Å². The quantitative estimate of drug-likeness (QED) is 0.250. The molecule has 5 nitrogen and oxygen atoms in total. The number of thioether (sulfide) groups is 3. The number of piperidine rings is 1. The Hall–Kier alpha value is 0.850. The van der Waals surface area contributed by atoms with Crippen molar-refractivity contribution in [2.24, 2.45) is 11.8 Å². The summed E-state index contributed by atoms with van der Waals surface area (Å²) in [7, 11) is 0. The number of hydrogen-bond acceptors (Lipinski definition) is 8. The molecule has 4 unspecified atom stereocenters. The van der Waals surface area contributed by atoms with Crippen molar-refractivity contribution in [3.63, 3.8) is 0 Å². The fraction of sp³-hybridized carbons (Fsp3) is 1.00. The van der Waals surface area contributed by atoms with Crippen molar-refractivity contribution in [2.45, 2.75) is 223 Å². The van der Waals surface area contributed by atoms with Crippen molar-refractivity contribution in [3.05, 3.63) is 0 Å². The molecule has 0 radical (unpaired) electrons. The molecule has 8 heterocycles. The molecule has 8 heteroatoms. The topological polar surface area (TPSA) is 51.8 Å².